The highest BCUT2D eigenvalue weighted by Gasteiger charge is 2.24. The van der Waals surface area contributed by atoms with Crippen molar-refractivity contribution in [2.24, 2.45) is 4.99 Å². The summed E-state index contributed by atoms with van der Waals surface area (Å²) in [5.41, 5.74) is 0.901. The molecule has 0 aliphatic carbocycles. The number of thiazole rings is 1. The third kappa shape index (κ3) is 6.62. The number of halogens is 2. The van der Waals surface area contributed by atoms with Crippen LogP contribution in [0.3, 0.4) is 0 Å². The quantitative estimate of drug-likeness (QED) is 0.247. The highest BCUT2D eigenvalue weighted by Crippen LogP contribution is 2.20. The maximum Gasteiger partial charge on any atom is 0.256 e. The molecule has 0 saturated carbocycles. The number of benzene rings is 1. The van der Waals surface area contributed by atoms with E-state index in [9.17, 15) is 9.18 Å². The van der Waals surface area contributed by atoms with E-state index in [0.29, 0.717) is 57.3 Å². The van der Waals surface area contributed by atoms with Crippen LogP contribution >= 0.6 is 22.9 Å². The average Bonchev–Trinajstić information content (AvgIpc) is 3.60. The smallest absolute Gasteiger partial charge is 0.256 e. The lowest BCUT2D eigenvalue weighted by atomic mass is 10.1. The zero-order valence-corrected chi connectivity index (χ0v) is 21.1. The molecule has 1 aliphatic rings. The lowest BCUT2D eigenvalue weighted by Gasteiger charge is -2.34. The van der Waals surface area contributed by atoms with Gasteiger partial charge in [-0.1, -0.05) is 23.7 Å². The highest BCUT2D eigenvalue weighted by molar-refractivity contribution is 7.13. The summed E-state index contributed by atoms with van der Waals surface area (Å²) in [4.78, 5) is 29.9. The van der Waals surface area contributed by atoms with Gasteiger partial charge in [0.2, 0.25) is 0 Å². The van der Waals surface area contributed by atoms with E-state index in [1.807, 2.05) is 11.5 Å². The molecule has 2 aromatic heterocycles. The number of piperazine rings is 1. The molecule has 36 heavy (non-hydrogen) atoms. The van der Waals surface area contributed by atoms with E-state index in [0.717, 1.165) is 10.7 Å². The fraction of sp³-hybridized carbons (Fsp3) is 0.292. The molecule has 3 heterocycles. The van der Waals surface area contributed by atoms with Crippen LogP contribution in [0.1, 0.15) is 22.6 Å². The minimum Gasteiger partial charge on any atom is -0.336 e. The van der Waals surface area contributed by atoms with Crippen molar-refractivity contribution in [2.75, 3.05) is 44.6 Å². The zero-order chi connectivity index (χ0) is 25.3. The number of hydrogen-bond acceptors (Lipinski definition) is 7. The SMILES string of the molecule is C=CC/C(=C\C(=NCCN1CCN(C(=O)c2cccc(Cl)c2F)CC1)Nc1nccs1)c1ncn[nH]1. The van der Waals surface area contributed by atoms with Gasteiger partial charge in [-0.2, -0.15) is 5.10 Å². The number of aliphatic imine (C=N–C) groups is 1. The van der Waals surface area contributed by atoms with Crippen molar-refractivity contribution in [3.05, 3.63) is 77.1 Å². The van der Waals surface area contributed by atoms with Crippen molar-refractivity contribution >= 4 is 45.4 Å². The Balaban J connectivity index is 1.37. The number of nitrogens with zero attached hydrogens (tertiary/aromatic N) is 6. The molecule has 1 saturated heterocycles. The summed E-state index contributed by atoms with van der Waals surface area (Å²) >= 11 is 7.32. The first-order valence-corrected chi connectivity index (χ1v) is 12.6. The summed E-state index contributed by atoms with van der Waals surface area (Å²) in [6.45, 7) is 7.45. The van der Waals surface area contributed by atoms with E-state index < -0.39 is 5.82 Å². The monoisotopic (exact) mass is 528 g/mol. The molecule has 188 valence electrons. The minimum absolute atomic E-state index is 0.00678. The largest absolute Gasteiger partial charge is 0.336 e. The van der Waals surface area contributed by atoms with Gasteiger partial charge in [0.15, 0.2) is 16.8 Å². The zero-order valence-electron chi connectivity index (χ0n) is 19.5. The van der Waals surface area contributed by atoms with Crippen LogP contribution in [0.4, 0.5) is 9.52 Å². The van der Waals surface area contributed by atoms with Crippen LogP contribution in [0.15, 0.2) is 59.8 Å². The number of allylic oxidation sites excluding steroid dienone is 2. The summed E-state index contributed by atoms with van der Waals surface area (Å²) in [6, 6.07) is 4.49. The molecule has 0 atom stereocenters. The van der Waals surface area contributed by atoms with Crippen LogP contribution in [0.25, 0.3) is 5.57 Å². The number of hydrogen-bond donors (Lipinski definition) is 2. The van der Waals surface area contributed by atoms with E-state index in [-0.39, 0.29) is 16.5 Å². The molecule has 0 unspecified atom stereocenters. The number of anilines is 1. The van der Waals surface area contributed by atoms with Crippen molar-refractivity contribution in [3.8, 4) is 0 Å². The number of nitrogens with one attached hydrogen (secondary N) is 2. The Labute approximate surface area is 217 Å². The third-order valence-corrected chi connectivity index (χ3v) is 6.58. The molecule has 1 aromatic carbocycles. The van der Waals surface area contributed by atoms with E-state index in [4.69, 9.17) is 16.6 Å². The van der Waals surface area contributed by atoms with E-state index in [1.54, 1.807) is 23.2 Å². The van der Waals surface area contributed by atoms with Gasteiger partial charge in [0, 0.05) is 49.9 Å². The maximum atomic E-state index is 14.3. The second-order valence-corrected chi connectivity index (χ2v) is 9.26. The normalized spacial score (nSPS) is 15.2. The Bertz CT molecular complexity index is 1220. The molecule has 0 bridgehead atoms. The van der Waals surface area contributed by atoms with E-state index >= 15 is 0 Å². The molecule has 4 rings (SSSR count). The van der Waals surface area contributed by atoms with Gasteiger partial charge < -0.3 is 10.2 Å². The van der Waals surface area contributed by atoms with Gasteiger partial charge in [-0.25, -0.2) is 14.4 Å². The maximum absolute atomic E-state index is 14.3. The highest BCUT2D eigenvalue weighted by atomic mass is 35.5. The first kappa shape index (κ1) is 25.7. The number of aromatic amines is 1. The van der Waals surface area contributed by atoms with Gasteiger partial charge >= 0.3 is 0 Å². The van der Waals surface area contributed by atoms with Crippen molar-refractivity contribution < 1.29 is 9.18 Å². The molecule has 12 heteroatoms. The molecular weight excluding hydrogens is 503 g/mol. The summed E-state index contributed by atoms with van der Waals surface area (Å²) in [6.07, 6.45) is 7.50. The minimum atomic E-state index is -0.671. The van der Waals surface area contributed by atoms with Crippen molar-refractivity contribution in [1.29, 1.82) is 0 Å². The molecule has 0 spiro atoms. The molecular formula is C24H26ClFN8OS. The third-order valence-electron chi connectivity index (χ3n) is 5.60. The number of carbonyl (C=O) groups is 1. The lowest BCUT2D eigenvalue weighted by molar-refractivity contribution is 0.0636. The fourth-order valence-corrected chi connectivity index (χ4v) is 4.46. The molecule has 1 aliphatic heterocycles. The summed E-state index contributed by atoms with van der Waals surface area (Å²) in [5, 5.41) is 12.7. The Kier molecular flexibility index (Phi) is 8.93. The predicted octanol–water partition coefficient (Wildman–Crippen LogP) is 3.98. The molecule has 2 N–H and O–H groups in total. The Morgan fingerprint density at radius 2 is 2.14 bits per heavy atom. The number of amides is 1. The Morgan fingerprint density at radius 3 is 2.83 bits per heavy atom. The van der Waals surface area contributed by atoms with Crippen molar-refractivity contribution in [3.63, 3.8) is 0 Å². The van der Waals surface area contributed by atoms with Gasteiger partial charge in [0.1, 0.15) is 12.2 Å². The number of carbonyl (C=O) groups excluding carboxylic acids is 1. The lowest BCUT2D eigenvalue weighted by Crippen LogP contribution is -2.49. The number of H-pyrrole nitrogens is 1. The van der Waals surface area contributed by atoms with E-state index in [1.165, 1.54) is 29.8 Å². The van der Waals surface area contributed by atoms with Crippen LogP contribution in [-0.2, 0) is 0 Å². The van der Waals surface area contributed by atoms with Gasteiger partial charge in [-0.05, 0) is 24.6 Å². The molecule has 1 fully saturated rings. The van der Waals surface area contributed by atoms with E-state index in [2.05, 4.69) is 37.0 Å². The van der Waals surface area contributed by atoms with Gasteiger partial charge in [0.05, 0.1) is 17.1 Å². The topological polar surface area (TPSA) is 102 Å². The Hall–Kier alpha value is -3.41. The predicted molar refractivity (Wildman–Crippen MR) is 141 cm³/mol. The van der Waals surface area contributed by atoms with Crippen LogP contribution in [0.2, 0.25) is 5.02 Å². The number of amidine groups is 1. The van der Waals surface area contributed by atoms with Gasteiger partial charge in [-0.15, -0.1) is 17.9 Å². The van der Waals surface area contributed by atoms with Crippen LogP contribution < -0.4 is 5.32 Å². The molecule has 1 amide bonds. The van der Waals surface area contributed by atoms with Crippen molar-refractivity contribution in [1.82, 2.24) is 30.0 Å². The summed E-state index contributed by atoms with van der Waals surface area (Å²) in [7, 11) is 0. The van der Waals surface area contributed by atoms with Crippen LogP contribution in [-0.4, -0.2) is 81.0 Å². The van der Waals surface area contributed by atoms with Crippen LogP contribution in [0.5, 0.6) is 0 Å². The summed E-state index contributed by atoms with van der Waals surface area (Å²) < 4.78 is 14.3. The average molecular weight is 529 g/mol. The first-order chi connectivity index (χ1) is 17.5. The number of rotatable bonds is 9. The Morgan fingerprint density at radius 1 is 1.31 bits per heavy atom. The number of aromatic nitrogens is 4. The summed E-state index contributed by atoms with van der Waals surface area (Å²) in [5.74, 6) is 0.300. The molecule has 9 nitrogen and oxygen atoms in total. The first-order valence-electron chi connectivity index (χ1n) is 11.4. The molecule has 3 aromatic rings. The standard InChI is InChI=1S/C24H26ClFN8OS/c1-2-4-17(22-29-16-30-32-22)15-20(31-24-28-8-14-36-24)27-7-9-33-10-12-34(13-11-33)23(35)18-5-3-6-19(25)21(18)26/h2-3,5-6,8,14-16H,1,4,7,9-13H2,(H,27,28,31)(H,29,30,32)/b17-15+. The molecule has 0 radical (unpaired) electrons. The van der Waals surface area contributed by atoms with Crippen LogP contribution in [0, 0.1) is 5.82 Å². The van der Waals surface area contributed by atoms with Gasteiger partial charge in [0.25, 0.3) is 5.91 Å². The van der Waals surface area contributed by atoms with Crippen molar-refractivity contribution in [2.45, 2.75) is 6.42 Å². The fourth-order valence-electron chi connectivity index (χ4n) is 3.75. The second kappa shape index (κ2) is 12.5. The second-order valence-electron chi connectivity index (χ2n) is 7.96. The van der Waals surface area contributed by atoms with Gasteiger partial charge in [-0.3, -0.25) is 19.8 Å².